The third-order valence-corrected chi connectivity index (χ3v) is 6.15. The van der Waals surface area contributed by atoms with Crippen molar-refractivity contribution in [3.05, 3.63) is 63.8 Å². The highest BCUT2D eigenvalue weighted by Gasteiger charge is 2.28. The Bertz CT molecular complexity index is 1190. The summed E-state index contributed by atoms with van der Waals surface area (Å²) in [6.45, 7) is 3.11. The highest BCUT2D eigenvalue weighted by Crippen LogP contribution is 2.25. The number of amides is 1. The van der Waals surface area contributed by atoms with Crippen LogP contribution in [-0.4, -0.2) is 51.4 Å². The van der Waals surface area contributed by atoms with Crippen molar-refractivity contribution in [3.8, 4) is 5.75 Å². The zero-order valence-electron chi connectivity index (χ0n) is 18.5. The highest BCUT2D eigenvalue weighted by molar-refractivity contribution is 5.98. The fraction of sp³-hybridized carbons (Fsp3) is 0.417. The molecule has 3 aromatic rings. The number of aromatic nitrogens is 3. The van der Waals surface area contributed by atoms with E-state index in [9.17, 15) is 14.4 Å². The van der Waals surface area contributed by atoms with Gasteiger partial charge >= 0.3 is 0 Å². The summed E-state index contributed by atoms with van der Waals surface area (Å²) >= 11 is 0. The maximum absolute atomic E-state index is 12.9. The molecular weight excluding hydrogens is 408 g/mol. The number of carbonyl (C=O) groups excluding carboxylic acids is 2. The molecule has 3 heterocycles. The molecule has 0 unspecified atom stereocenters. The molecule has 32 heavy (non-hydrogen) atoms. The number of hydrogen-bond acceptors (Lipinski definition) is 5. The molecule has 0 aliphatic carbocycles. The predicted octanol–water partition coefficient (Wildman–Crippen LogP) is 2.78. The van der Waals surface area contributed by atoms with Crippen LogP contribution in [0.2, 0.25) is 0 Å². The number of methoxy groups -OCH3 is 1. The van der Waals surface area contributed by atoms with Crippen LogP contribution < -0.4 is 10.3 Å². The molecule has 8 nitrogen and oxygen atoms in total. The predicted molar refractivity (Wildman–Crippen MR) is 120 cm³/mol. The molecule has 168 valence electrons. The quantitative estimate of drug-likeness (QED) is 0.575. The van der Waals surface area contributed by atoms with Crippen LogP contribution in [0.1, 0.15) is 47.4 Å². The van der Waals surface area contributed by atoms with Crippen molar-refractivity contribution in [1.29, 1.82) is 0 Å². The zero-order valence-corrected chi connectivity index (χ0v) is 18.5. The second-order valence-corrected chi connectivity index (χ2v) is 8.30. The van der Waals surface area contributed by atoms with Gasteiger partial charge in [-0.15, -0.1) is 0 Å². The number of ketones is 1. The maximum atomic E-state index is 12.9. The third-order valence-electron chi connectivity index (χ3n) is 6.15. The third kappa shape index (κ3) is 4.59. The summed E-state index contributed by atoms with van der Waals surface area (Å²) in [6, 6.07) is 9.01. The summed E-state index contributed by atoms with van der Waals surface area (Å²) in [7, 11) is 1.62. The van der Waals surface area contributed by atoms with Crippen LogP contribution in [0.4, 0.5) is 0 Å². The Labute approximate surface area is 186 Å². The molecule has 1 aliphatic rings. The SMILES string of the molecule is COc1ccc(C(=O)C2CCN(C(=O)CCCc3nn4cccc4c(=O)[nH]3)CC2)cc1C. The van der Waals surface area contributed by atoms with E-state index in [1.165, 1.54) is 0 Å². The molecule has 0 spiro atoms. The molecule has 1 aliphatic heterocycles. The maximum Gasteiger partial charge on any atom is 0.275 e. The molecule has 1 amide bonds. The Morgan fingerprint density at radius 1 is 1.22 bits per heavy atom. The minimum absolute atomic E-state index is 0.0607. The van der Waals surface area contributed by atoms with Crippen LogP contribution in [-0.2, 0) is 11.2 Å². The Morgan fingerprint density at radius 3 is 2.72 bits per heavy atom. The Kier molecular flexibility index (Phi) is 6.39. The highest BCUT2D eigenvalue weighted by atomic mass is 16.5. The number of aromatic amines is 1. The van der Waals surface area contributed by atoms with E-state index in [0.29, 0.717) is 62.1 Å². The monoisotopic (exact) mass is 436 g/mol. The smallest absolute Gasteiger partial charge is 0.275 e. The summed E-state index contributed by atoms with van der Waals surface area (Å²) < 4.78 is 6.83. The summed E-state index contributed by atoms with van der Waals surface area (Å²) in [5, 5.41) is 4.37. The molecule has 1 saturated heterocycles. The molecule has 0 saturated carbocycles. The molecule has 2 aromatic heterocycles. The van der Waals surface area contributed by atoms with E-state index in [2.05, 4.69) is 10.1 Å². The Morgan fingerprint density at radius 2 is 2.00 bits per heavy atom. The van der Waals surface area contributed by atoms with Gasteiger partial charge < -0.3 is 14.6 Å². The number of benzene rings is 1. The van der Waals surface area contributed by atoms with Gasteiger partial charge in [-0.1, -0.05) is 0 Å². The second kappa shape index (κ2) is 9.38. The minimum atomic E-state index is -0.176. The van der Waals surface area contributed by atoms with Crippen LogP contribution in [0.5, 0.6) is 5.75 Å². The van der Waals surface area contributed by atoms with Crippen LogP contribution >= 0.6 is 0 Å². The largest absolute Gasteiger partial charge is 0.496 e. The number of nitrogens with one attached hydrogen (secondary N) is 1. The van der Waals surface area contributed by atoms with Gasteiger partial charge in [0, 0.05) is 43.6 Å². The van der Waals surface area contributed by atoms with Crippen molar-refractivity contribution in [3.63, 3.8) is 0 Å². The van der Waals surface area contributed by atoms with E-state index in [-0.39, 0.29) is 23.2 Å². The lowest BCUT2D eigenvalue weighted by molar-refractivity contribution is -0.132. The molecule has 1 N–H and O–H groups in total. The van der Waals surface area contributed by atoms with Gasteiger partial charge in [0.05, 0.1) is 7.11 Å². The van der Waals surface area contributed by atoms with E-state index >= 15 is 0 Å². The van der Waals surface area contributed by atoms with Gasteiger partial charge in [-0.05, 0) is 62.1 Å². The molecule has 1 fully saturated rings. The standard InChI is InChI=1S/C24H28N4O4/c1-16-15-18(8-9-20(16)32-2)23(30)17-10-13-27(14-11-17)22(29)7-3-6-21-25-24(31)19-5-4-12-28(19)26-21/h4-5,8-9,12,15,17H,3,6-7,10-11,13-14H2,1-2H3,(H,25,26,31). The first-order chi connectivity index (χ1) is 15.5. The number of carbonyl (C=O) groups is 2. The van der Waals surface area contributed by atoms with Gasteiger partial charge in [0.2, 0.25) is 5.91 Å². The van der Waals surface area contributed by atoms with Gasteiger partial charge in [0.15, 0.2) is 5.78 Å². The number of Topliss-reactive ketones (excluding diaryl/α,β-unsaturated/α-hetero) is 1. The van der Waals surface area contributed by atoms with E-state index in [1.807, 2.05) is 30.0 Å². The first-order valence-electron chi connectivity index (χ1n) is 11.0. The minimum Gasteiger partial charge on any atom is -0.496 e. The van der Waals surface area contributed by atoms with Gasteiger partial charge in [0.1, 0.15) is 17.1 Å². The number of piperidine rings is 1. The van der Waals surface area contributed by atoms with E-state index in [4.69, 9.17) is 4.74 Å². The molecule has 0 atom stereocenters. The second-order valence-electron chi connectivity index (χ2n) is 8.30. The summed E-state index contributed by atoms with van der Waals surface area (Å²) in [6.07, 6.45) is 4.62. The number of H-pyrrole nitrogens is 1. The molecule has 0 bridgehead atoms. The van der Waals surface area contributed by atoms with Crippen molar-refractivity contribution in [1.82, 2.24) is 19.5 Å². The lowest BCUT2D eigenvalue weighted by atomic mass is 9.88. The molecule has 1 aromatic carbocycles. The lowest BCUT2D eigenvalue weighted by Gasteiger charge is -2.31. The number of likely N-dealkylation sites (tertiary alicyclic amines) is 1. The average Bonchev–Trinajstić information content (AvgIpc) is 3.28. The van der Waals surface area contributed by atoms with Crippen molar-refractivity contribution in [2.45, 2.75) is 39.0 Å². The van der Waals surface area contributed by atoms with Crippen molar-refractivity contribution < 1.29 is 14.3 Å². The summed E-state index contributed by atoms with van der Waals surface area (Å²) in [4.78, 5) is 42.1. The fourth-order valence-corrected chi connectivity index (χ4v) is 4.33. The van der Waals surface area contributed by atoms with Gasteiger partial charge in [-0.3, -0.25) is 14.4 Å². The van der Waals surface area contributed by atoms with Crippen LogP contribution in [0, 0.1) is 12.8 Å². The number of aryl methyl sites for hydroxylation is 2. The van der Waals surface area contributed by atoms with Crippen LogP contribution in [0.25, 0.3) is 5.52 Å². The fourth-order valence-electron chi connectivity index (χ4n) is 4.33. The number of ether oxygens (including phenoxy) is 1. The Hall–Kier alpha value is -3.42. The average molecular weight is 437 g/mol. The van der Waals surface area contributed by atoms with Crippen molar-refractivity contribution >= 4 is 17.2 Å². The number of hydrogen-bond donors (Lipinski definition) is 1. The van der Waals surface area contributed by atoms with Crippen LogP contribution in [0.3, 0.4) is 0 Å². The lowest BCUT2D eigenvalue weighted by Crippen LogP contribution is -2.40. The number of rotatable bonds is 7. The summed E-state index contributed by atoms with van der Waals surface area (Å²) in [5.41, 5.74) is 1.98. The number of nitrogens with zero attached hydrogens (tertiary/aromatic N) is 3. The molecule has 0 radical (unpaired) electrons. The zero-order chi connectivity index (χ0) is 22.7. The van der Waals surface area contributed by atoms with E-state index < -0.39 is 0 Å². The van der Waals surface area contributed by atoms with Crippen molar-refractivity contribution in [2.75, 3.05) is 20.2 Å². The Balaban J connectivity index is 1.26. The van der Waals surface area contributed by atoms with Gasteiger partial charge in [0.25, 0.3) is 5.56 Å². The first-order valence-corrected chi connectivity index (χ1v) is 11.0. The summed E-state index contributed by atoms with van der Waals surface area (Å²) in [5.74, 6) is 1.51. The van der Waals surface area contributed by atoms with Crippen LogP contribution in [0.15, 0.2) is 41.3 Å². The molecule has 4 rings (SSSR count). The molecular formula is C24H28N4O4. The van der Waals surface area contributed by atoms with Crippen molar-refractivity contribution in [2.24, 2.45) is 5.92 Å². The topological polar surface area (TPSA) is 96.8 Å². The van der Waals surface area contributed by atoms with E-state index in [0.717, 1.165) is 11.3 Å². The van der Waals surface area contributed by atoms with E-state index in [1.54, 1.807) is 30.0 Å². The van der Waals surface area contributed by atoms with Gasteiger partial charge in [-0.25, -0.2) is 4.52 Å². The van der Waals surface area contributed by atoms with Gasteiger partial charge in [-0.2, -0.15) is 5.10 Å². The number of fused-ring (bicyclic) bond motifs is 1. The molecule has 8 heteroatoms. The first kappa shape index (κ1) is 21.8. The normalized spacial score (nSPS) is 14.6.